The summed E-state index contributed by atoms with van der Waals surface area (Å²) in [6, 6.07) is 31.1. The number of hydrogen-bond donors (Lipinski definition) is 1. The molecule has 1 aliphatic rings. The first-order valence-electron chi connectivity index (χ1n) is 12.9. The molecular formula is C31H38N2O3SSi. The molecule has 4 rings (SSSR count). The average molecular weight is 547 g/mol. The van der Waals surface area contributed by atoms with Crippen LogP contribution in [0.15, 0.2) is 91.0 Å². The van der Waals surface area contributed by atoms with Gasteiger partial charge in [0, 0.05) is 14.0 Å². The number of nitrogens with zero attached hydrogens (tertiary/aromatic N) is 1. The molecule has 5 nitrogen and oxygen atoms in total. The van der Waals surface area contributed by atoms with E-state index in [4.69, 9.17) is 4.74 Å². The molecule has 1 heterocycles. The lowest BCUT2D eigenvalue weighted by molar-refractivity contribution is -0.185. The van der Waals surface area contributed by atoms with Gasteiger partial charge in [0.05, 0.1) is 4.75 Å². The van der Waals surface area contributed by atoms with Crippen molar-refractivity contribution in [2.75, 3.05) is 7.11 Å². The third kappa shape index (κ3) is 4.50. The Morgan fingerprint density at radius 2 is 1.26 bits per heavy atom. The number of amides is 2. The molecule has 0 saturated carbocycles. The van der Waals surface area contributed by atoms with Crippen molar-refractivity contribution in [3.8, 4) is 0 Å². The number of nitrogens with one attached hydrogen (secondary N) is 1. The maximum Gasteiger partial charge on any atom is 0.272 e. The standard InChI is InChI=1S/C31H38N2O3SSi/c1-23(34)32-31(36-5)27(35)33(38(6,7)29(2,3)4)28(31)37-30(24-17-11-8-12-18-24,25-19-13-9-14-20-25)26-21-15-10-16-22-26/h8-22,28H,1-7H3,(H,32,34)/t28-,31+/m1/s1. The fourth-order valence-corrected chi connectivity index (χ4v) is 9.94. The predicted octanol–water partition coefficient (Wildman–Crippen LogP) is 6.36. The van der Waals surface area contributed by atoms with E-state index in [9.17, 15) is 9.59 Å². The maximum atomic E-state index is 14.1. The summed E-state index contributed by atoms with van der Waals surface area (Å²) in [6.45, 7) is 12.5. The molecule has 0 aromatic heterocycles. The monoisotopic (exact) mass is 546 g/mol. The van der Waals surface area contributed by atoms with E-state index in [1.54, 1.807) is 11.8 Å². The largest absolute Gasteiger partial charge is 0.349 e. The van der Waals surface area contributed by atoms with Crippen LogP contribution in [0.4, 0.5) is 0 Å². The van der Waals surface area contributed by atoms with Crippen LogP contribution in [-0.4, -0.2) is 42.8 Å². The van der Waals surface area contributed by atoms with E-state index in [0.29, 0.717) is 0 Å². The van der Waals surface area contributed by atoms with E-state index >= 15 is 0 Å². The van der Waals surface area contributed by atoms with Crippen LogP contribution in [-0.2, 0) is 19.1 Å². The molecule has 0 unspecified atom stereocenters. The van der Waals surface area contributed by atoms with Crippen molar-refractivity contribution in [2.24, 2.45) is 0 Å². The molecule has 38 heavy (non-hydrogen) atoms. The van der Waals surface area contributed by atoms with Gasteiger partial charge in [-0.05, 0) is 21.7 Å². The van der Waals surface area contributed by atoms with Crippen molar-refractivity contribution in [3.05, 3.63) is 108 Å². The van der Waals surface area contributed by atoms with Crippen LogP contribution in [0.25, 0.3) is 0 Å². The highest BCUT2D eigenvalue weighted by Gasteiger charge is 2.69. The molecule has 0 aliphatic carbocycles. The summed E-state index contributed by atoms with van der Waals surface area (Å²) in [7, 11) is -0.861. The molecule has 7 heteroatoms. The summed E-state index contributed by atoms with van der Waals surface area (Å²) < 4.78 is 7.34. The Hall–Kier alpha value is -2.87. The molecular weight excluding hydrogens is 509 g/mol. The highest BCUT2D eigenvalue weighted by Crippen LogP contribution is 2.58. The predicted molar refractivity (Wildman–Crippen MR) is 158 cm³/mol. The fraction of sp³-hybridized carbons (Fsp3) is 0.355. The minimum absolute atomic E-state index is 0.105. The van der Waals surface area contributed by atoms with Crippen LogP contribution in [0.3, 0.4) is 0 Å². The number of β-lactam (4-membered cyclic amide) rings is 1. The van der Waals surface area contributed by atoms with Crippen molar-refractivity contribution in [2.45, 2.75) is 61.7 Å². The molecule has 1 aliphatic heterocycles. The summed E-state index contributed by atoms with van der Waals surface area (Å²) in [5.74, 6) is -0.479. The van der Waals surface area contributed by atoms with E-state index in [1.165, 1.54) is 14.0 Å². The van der Waals surface area contributed by atoms with Crippen molar-refractivity contribution in [1.82, 2.24) is 9.88 Å². The van der Waals surface area contributed by atoms with Crippen molar-refractivity contribution in [1.29, 1.82) is 0 Å². The van der Waals surface area contributed by atoms with Crippen molar-refractivity contribution >= 4 is 31.8 Å². The lowest BCUT2D eigenvalue weighted by atomic mass is 9.84. The number of benzene rings is 3. The number of ether oxygens (including phenoxy) is 1. The van der Waals surface area contributed by atoms with Gasteiger partial charge in [0.2, 0.25) is 11.6 Å². The van der Waals surface area contributed by atoms with Crippen molar-refractivity contribution < 1.29 is 14.3 Å². The SMILES string of the molecule is CO[C@@]1(NC(C)=O)C(=O)N([Si](C)(C)C(C)(C)C)[C@@H]1SC(c1ccccc1)(c1ccccc1)c1ccccc1. The zero-order chi connectivity index (χ0) is 27.8. The summed E-state index contributed by atoms with van der Waals surface area (Å²) in [5, 5.41) is 2.35. The molecule has 0 spiro atoms. The molecule has 1 saturated heterocycles. The molecule has 0 bridgehead atoms. The Kier molecular flexibility index (Phi) is 7.67. The molecule has 2 amide bonds. The number of thioether (sulfide) groups is 1. The lowest BCUT2D eigenvalue weighted by Crippen LogP contribution is -2.85. The van der Waals surface area contributed by atoms with Crippen LogP contribution in [0.5, 0.6) is 0 Å². The minimum Gasteiger partial charge on any atom is -0.349 e. The summed E-state index contributed by atoms with van der Waals surface area (Å²) in [5.41, 5.74) is 1.80. The van der Waals surface area contributed by atoms with Gasteiger partial charge in [0.25, 0.3) is 5.91 Å². The molecule has 1 N–H and O–H groups in total. The quantitative estimate of drug-likeness (QED) is 0.155. The lowest BCUT2D eigenvalue weighted by Gasteiger charge is -2.63. The van der Waals surface area contributed by atoms with Gasteiger partial charge in [-0.2, -0.15) is 0 Å². The molecule has 200 valence electrons. The molecule has 0 radical (unpaired) electrons. The van der Waals surface area contributed by atoms with Gasteiger partial charge in [-0.3, -0.25) is 9.59 Å². The maximum absolute atomic E-state index is 14.1. The first kappa shape index (κ1) is 28.1. The highest BCUT2D eigenvalue weighted by atomic mass is 32.2. The third-order valence-corrected chi connectivity index (χ3v) is 15.4. The second kappa shape index (κ2) is 10.4. The summed E-state index contributed by atoms with van der Waals surface area (Å²) in [4.78, 5) is 26.5. The molecule has 3 aromatic rings. The zero-order valence-electron chi connectivity index (χ0n) is 23.3. The van der Waals surface area contributed by atoms with Crippen LogP contribution >= 0.6 is 11.8 Å². The first-order valence-corrected chi connectivity index (χ1v) is 16.8. The van der Waals surface area contributed by atoms with Gasteiger partial charge >= 0.3 is 0 Å². The average Bonchev–Trinajstić information content (AvgIpc) is 2.90. The Morgan fingerprint density at radius 1 is 0.868 bits per heavy atom. The number of carbonyl (C=O) groups excluding carboxylic acids is 2. The molecule has 2 atom stereocenters. The van der Waals surface area contributed by atoms with E-state index in [0.717, 1.165) is 16.7 Å². The zero-order valence-corrected chi connectivity index (χ0v) is 25.1. The van der Waals surface area contributed by atoms with Gasteiger partial charge in [0.1, 0.15) is 5.37 Å². The van der Waals surface area contributed by atoms with E-state index in [1.807, 2.05) is 59.2 Å². The minimum atomic E-state index is -2.37. The number of methoxy groups -OCH3 is 1. The van der Waals surface area contributed by atoms with Gasteiger partial charge in [-0.25, -0.2) is 0 Å². The van der Waals surface area contributed by atoms with Crippen LogP contribution in [0.2, 0.25) is 18.1 Å². The van der Waals surface area contributed by atoms with E-state index < -0.39 is 24.1 Å². The van der Waals surface area contributed by atoms with Crippen LogP contribution in [0, 0.1) is 0 Å². The number of hydrogen-bond acceptors (Lipinski definition) is 4. The van der Waals surface area contributed by atoms with Crippen molar-refractivity contribution in [3.63, 3.8) is 0 Å². The molecule has 1 fully saturated rings. The molecule has 3 aromatic carbocycles. The third-order valence-electron chi connectivity index (χ3n) is 8.07. The second-order valence-corrected chi connectivity index (χ2v) is 17.7. The van der Waals surface area contributed by atoms with E-state index in [-0.39, 0.29) is 16.9 Å². The topological polar surface area (TPSA) is 58.6 Å². The van der Waals surface area contributed by atoms with Crippen LogP contribution < -0.4 is 5.32 Å². The highest BCUT2D eigenvalue weighted by molar-refractivity contribution is 8.01. The normalized spacial score (nSPS) is 20.1. The second-order valence-electron chi connectivity index (χ2n) is 11.4. The Morgan fingerprint density at radius 3 is 1.58 bits per heavy atom. The van der Waals surface area contributed by atoms with Gasteiger partial charge in [-0.1, -0.05) is 125 Å². The first-order chi connectivity index (χ1) is 17.9. The number of rotatable bonds is 8. The summed E-state index contributed by atoms with van der Waals surface area (Å²) in [6.07, 6.45) is 0. The Balaban J connectivity index is 2.02. The summed E-state index contributed by atoms with van der Waals surface area (Å²) >= 11 is 1.67. The fourth-order valence-electron chi connectivity index (χ4n) is 5.06. The smallest absolute Gasteiger partial charge is 0.272 e. The number of carbonyl (C=O) groups is 2. The van der Waals surface area contributed by atoms with Gasteiger partial charge in [-0.15, -0.1) is 11.8 Å². The van der Waals surface area contributed by atoms with Gasteiger partial charge < -0.3 is 14.6 Å². The van der Waals surface area contributed by atoms with Crippen LogP contribution in [0.1, 0.15) is 44.4 Å². The Bertz CT molecular complexity index is 1180. The van der Waals surface area contributed by atoms with E-state index in [2.05, 4.69) is 75.6 Å². The van der Waals surface area contributed by atoms with Gasteiger partial charge in [0.15, 0.2) is 8.24 Å². The Labute approximate surface area is 232 Å².